The lowest BCUT2D eigenvalue weighted by molar-refractivity contribution is 0.260. The first-order chi connectivity index (χ1) is 8.13. The predicted octanol–water partition coefficient (Wildman–Crippen LogP) is 4.37. The summed E-state index contributed by atoms with van der Waals surface area (Å²) in [6.45, 7) is 4.07. The molecule has 2 rings (SSSR count). The summed E-state index contributed by atoms with van der Waals surface area (Å²) in [5, 5.41) is 1.20. The fourth-order valence-electron chi connectivity index (χ4n) is 1.50. The van der Waals surface area contributed by atoms with E-state index in [0.29, 0.717) is 27.4 Å². The van der Waals surface area contributed by atoms with Gasteiger partial charge >= 0.3 is 0 Å². The molecule has 0 saturated carbocycles. The van der Waals surface area contributed by atoms with E-state index in [2.05, 4.69) is 6.58 Å². The predicted molar refractivity (Wildman–Crippen MR) is 70.4 cm³/mol. The molecule has 2 unspecified atom stereocenters. The quantitative estimate of drug-likeness (QED) is 0.457. The lowest BCUT2D eigenvalue weighted by Gasteiger charge is -2.09. The molecule has 1 saturated heterocycles. The summed E-state index contributed by atoms with van der Waals surface area (Å²) < 4.78 is 10.9. The van der Waals surface area contributed by atoms with Crippen LogP contribution < -0.4 is 4.74 Å². The molecule has 2 atom stereocenters. The number of rotatable bonds is 5. The zero-order chi connectivity index (χ0) is 12.4. The van der Waals surface area contributed by atoms with E-state index in [9.17, 15) is 0 Å². The van der Waals surface area contributed by atoms with Gasteiger partial charge in [0.25, 0.3) is 0 Å². The maximum absolute atomic E-state index is 6.00. The van der Waals surface area contributed by atoms with Crippen molar-refractivity contribution in [3.8, 4) is 5.75 Å². The molecule has 0 aromatic heterocycles. The Labute approximate surface area is 115 Å². The molecule has 1 heterocycles. The highest BCUT2D eigenvalue weighted by Crippen LogP contribution is 2.38. The molecule has 2 nitrogen and oxygen atoms in total. The van der Waals surface area contributed by atoms with E-state index in [-0.39, 0.29) is 12.2 Å². The summed E-state index contributed by atoms with van der Waals surface area (Å²) >= 11 is 17.9. The van der Waals surface area contributed by atoms with E-state index in [4.69, 9.17) is 44.3 Å². The molecular formula is C12H11Cl3O2. The highest BCUT2D eigenvalue weighted by Gasteiger charge is 2.38. The second kappa shape index (κ2) is 5.49. The molecule has 1 fully saturated rings. The SMILES string of the molecule is C=CCC1OC1COc1c(Cl)ccc(Cl)c1Cl. The Balaban J connectivity index is 1.96. The molecule has 1 aromatic rings. The lowest BCUT2D eigenvalue weighted by atomic mass is 10.2. The van der Waals surface area contributed by atoms with Crippen molar-refractivity contribution in [3.63, 3.8) is 0 Å². The monoisotopic (exact) mass is 292 g/mol. The third kappa shape index (κ3) is 3.08. The van der Waals surface area contributed by atoms with Gasteiger partial charge in [0, 0.05) is 0 Å². The van der Waals surface area contributed by atoms with Crippen molar-refractivity contribution < 1.29 is 9.47 Å². The van der Waals surface area contributed by atoms with Crippen LogP contribution in [0.1, 0.15) is 6.42 Å². The summed E-state index contributed by atoms with van der Waals surface area (Å²) in [5.41, 5.74) is 0. The maximum atomic E-state index is 6.00. The van der Waals surface area contributed by atoms with Crippen molar-refractivity contribution in [1.29, 1.82) is 0 Å². The van der Waals surface area contributed by atoms with Crippen LogP contribution in [-0.2, 0) is 4.74 Å². The number of hydrogen-bond acceptors (Lipinski definition) is 2. The summed E-state index contributed by atoms with van der Waals surface area (Å²) in [6, 6.07) is 3.29. The lowest BCUT2D eigenvalue weighted by Crippen LogP contribution is -2.08. The van der Waals surface area contributed by atoms with Gasteiger partial charge in [-0.2, -0.15) is 0 Å². The Morgan fingerprint density at radius 3 is 2.65 bits per heavy atom. The second-order valence-electron chi connectivity index (χ2n) is 3.72. The topological polar surface area (TPSA) is 21.8 Å². The Hall–Kier alpha value is -0.410. The zero-order valence-electron chi connectivity index (χ0n) is 8.96. The Morgan fingerprint density at radius 2 is 1.94 bits per heavy atom. The summed E-state index contributed by atoms with van der Waals surface area (Å²) in [4.78, 5) is 0. The number of ether oxygens (including phenoxy) is 2. The molecule has 0 aliphatic carbocycles. The van der Waals surface area contributed by atoms with Crippen LogP contribution in [0, 0.1) is 0 Å². The van der Waals surface area contributed by atoms with Crippen LogP contribution in [0.3, 0.4) is 0 Å². The van der Waals surface area contributed by atoms with Crippen molar-refractivity contribution in [2.75, 3.05) is 6.61 Å². The van der Waals surface area contributed by atoms with Crippen molar-refractivity contribution >= 4 is 34.8 Å². The Morgan fingerprint density at radius 1 is 1.24 bits per heavy atom. The zero-order valence-corrected chi connectivity index (χ0v) is 11.2. The van der Waals surface area contributed by atoms with E-state index >= 15 is 0 Å². The van der Waals surface area contributed by atoms with Gasteiger partial charge in [0.1, 0.15) is 17.7 Å². The van der Waals surface area contributed by atoms with Crippen molar-refractivity contribution in [3.05, 3.63) is 39.9 Å². The molecule has 1 aromatic carbocycles. The van der Waals surface area contributed by atoms with Crippen molar-refractivity contribution in [2.45, 2.75) is 18.6 Å². The van der Waals surface area contributed by atoms with Gasteiger partial charge in [-0.3, -0.25) is 0 Å². The highest BCUT2D eigenvalue weighted by atomic mass is 35.5. The standard InChI is InChI=1S/C12H11Cl3O2/c1-2-3-9-10(17-9)6-16-12-8(14)5-4-7(13)11(12)15/h2,4-5,9-10H,1,3,6H2. The molecule has 0 bridgehead atoms. The highest BCUT2D eigenvalue weighted by molar-refractivity contribution is 6.44. The van der Waals surface area contributed by atoms with E-state index in [0.717, 1.165) is 6.42 Å². The molecule has 0 N–H and O–H groups in total. The van der Waals surface area contributed by atoms with E-state index in [1.807, 2.05) is 6.08 Å². The van der Waals surface area contributed by atoms with Gasteiger partial charge in [0.15, 0.2) is 5.75 Å². The Bertz CT molecular complexity index is 434. The average Bonchev–Trinajstić information content (AvgIpc) is 3.03. The number of halogens is 3. The molecule has 92 valence electrons. The van der Waals surface area contributed by atoms with Crippen LogP contribution in [-0.4, -0.2) is 18.8 Å². The number of hydrogen-bond donors (Lipinski definition) is 0. The smallest absolute Gasteiger partial charge is 0.158 e. The van der Waals surface area contributed by atoms with Gasteiger partial charge in [0.05, 0.1) is 16.1 Å². The summed E-state index contributed by atoms with van der Waals surface area (Å²) in [6.07, 6.45) is 2.93. The summed E-state index contributed by atoms with van der Waals surface area (Å²) in [7, 11) is 0. The average molecular weight is 294 g/mol. The van der Waals surface area contributed by atoms with Gasteiger partial charge in [-0.05, 0) is 18.6 Å². The van der Waals surface area contributed by atoms with E-state index in [1.165, 1.54) is 0 Å². The van der Waals surface area contributed by atoms with Crippen LogP contribution in [0.5, 0.6) is 5.75 Å². The fourth-order valence-corrected chi connectivity index (χ4v) is 2.13. The van der Waals surface area contributed by atoms with Crippen molar-refractivity contribution in [2.24, 2.45) is 0 Å². The normalized spacial score (nSPS) is 22.3. The van der Waals surface area contributed by atoms with Gasteiger partial charge in [0.2, 0.25) is 0 Å². The van der Waals surface area contributed by atoms with Crippen LogP contribution in [0.25, 0.3) is 0 Å². The number of benzene rings is 1. The fraction of sp³-hybridized carbons (Fsp3) is 0.333. The Kier molecular flexibility index (Phi) is 4.21. The van der Waals surface area contributed by atoms with E-state index in [1.54, 1.807) is 12.1 Å². The van der Waals surface area contributed by atoms with Crippen LogP contribution in [0.2, 0.25) is 15.1 Å². The molecule has 0 amide bonds. The molecule has 17 heavy (non-hydrogen) atoms. The summed E-state index contributed by atoms with van der Waals surface area (Å²) in [5.74, 6) is 0.411. The van der Waals surface area contributed by atoms with Gasteiger partial charge in [-0.1, -0.05) is 40.9 Å². The molecule has 1 aliphatic heterocycles. The first-order valence-corrected chi connectivity index (χ1v) is 6.29. The van der Waals surface area contributed by atoms with Crippen LogP contribution in [0.15, 0.2) is 24.8 Å². The molecular weight excluding hydrogens is 282 g/mol. The third-order valence-electron chi connectivity index (χ3n) is 2.48. The molecule has 5 heteroatoms. The van der Waals surface area contributed by atoms with E-state index < -0.39 is 0 Å². The third-order valence-corrected chi connectivity index (χ3v) is 3.57. The van der Waals surface area contributed by atoms with Gasteiger partial charge in [-0.25, -0.2) is 0 Å². The minimum atomic E-state index is 0.0825. The maximum Gasteiger partial charge on any atom is 0.158 e. The first kappa shape index (κ1) is 13.0. The van der Waals surface area contributed by atoms with Crippen LogP contribution >= 0.6 is 34.8 Å². The molecule has 0 spiro atoms. The molecule has 0 radical (unpaired) electrons. The van der Waals surface area contributed by atoms with Crippen molar-refractivity contribution in [1.82, 2.24) is 0 Å². The largest absolute Gasteiger partial charge is 0.488 e. The minimum absolute atomic E-state index is 0.0825. The first-order valence-electron chi connectivity index (χ1n) is 5.16. The number of epoxide rings is 1. The van der Waals surface area contributed by atoms with Gasteiger partial charge in [-0.15, -0.1) is 6.58 Å². The van der Waals surface area contributed by atoms with Gasteiger partial charge < -0.3 is 9.47 Å². The van der Waals surface area contributed by atoms with Crippen LogP contribution in [0.4, 0.5) is 0 Å². The minimum Gasteiger partial charge on any atom is -0.488 e. The molecule has 1 aliphatic rings. The second-order valence-corrected chi connectivity index (χ2v) is 4.91.